The van der Waals surface area contributed by atoms with Crippen LogP contribution in [0, 0.1) is 11.8 Å². The number of para-hydroxylation sites is 1. The van der Waals surface area contributed by atoms with E-state index in [2.05, 4.69) is 39.0 Å². The highest BCUT2D eigenvalue weighted by atomic mass is 35.5. The van der Waals surface area contributed by atoms with E-state index in [9.17, 15) is 9.59 Å². The van der Waals surface area contributed by atoms with Gasteiger partial charge in [0.2, 0.25) is 5.91 Å². The molecule has 0 saturated carbocycles. The van der Waals surface area contributed by atoms with Gasteiger partial charge in [0.25, 0.3) is 5.91 Å². The van der Waals surface area contributed by atoms with E-state index < -0.39 is 5.54 Å². The van der Waals surface area contributed by atoms with Crippen molar-refractivity contribution in [3.8, 4) is 28.8 Å². The van der Waals surface area contributed by atoms with Gasteiger partial charge in [0.05, 0.1) is 40.3 Å². The maximum atomic E-state index is 13.0. The SMILES string of the molecule is C=CC(=O)N1CC[C@]1(C)C#Cc1cnccc1-c1[nH]c2c(c1Nc1cccc(Cl)c1OC)C(=O)NCC2. The monoisotopic (exact) mass is 515 g/mol. The van der Waals surface area contributed by atoms with E-state index in [0.29, 0.717) is 58.5 Å². The molecule has 0 aliphatic carbocycles. The molecule has 3 N–H and O–H groups in total. The van der Waals surface area contributed by atoms with E-state index in [4.69, 9.17) is 16.3 Å². The lowest BCUT2D eigenvalue weighted by molar-refractivity contribution is -0.136. The first-order valence-corrected chi connectivity index (χ1v) is 12.3. The Hall–Kier alpha value is -4.22. The molecule has 2 amide bonds. The molecule has 0 spiro atoms. The molecule has 0 bridgehead atoms. The Morgan fingerprint density at radius 3 is 2.95 bits per heavy atom. The van der Waals surface area contributed by atoms with Crippen molar-refractivity contribution in [2.75, 3.05) is 25.5 Å². The van der Waals surface area contributed by atoms with Crippen molar-refractivity contribution in [1.82, 2.24) is 20.2 Å². The number of nitrogens with one attached hydrogen (secondary N) is 3. The maximum Gasteiger partial charge on any atom is 0.255 e. The van der Waals surface area contributed by atoms with Crippen LogP contribution >= 0.6 is 11.6 Å². The van der Waals surface area contributed by atoms with E-state index in [1.54, 1.807) is 30.5 Å². The molecule has 9 heteroatoms. The highest BCUT2D eigenvalue weighted by Crippen LogP contribution is 2.41. The first-order chi connectivity index (χ1) is 17.9. The summed E-state index contributed by atoms with van der Waals surface area (Å²) in [7, 11) is 1.55. The fourth-order valence-corrected chi connectivity index (χ4v) is 4.97. The van der Waals surface area contributed by atoms with Crippen LogP contribution < -0.4 is 15.4 Å². The summed E-state index contributed by atoms with van der Waals surface area (Å²) in [5.41, 5.74) is 4.15. The number of likely N-dealkylation sites (tertiary alicyclic amines) is 1. The second-order valence-electron chi connectivity index (χ2n) is 9.07. The molecular formula is C28H26ClN5O3. The number of rotatable bonds is 5. The van der Waals surface area contributed by atoms with Gasteiger partial charge in [-0.1, -0.05) is 36.1 Å². The molecule has 8 nitrogen and oxygen atoms in total. The van der Waals surface area contributed by atoms with Crippen LogP contribution in [0.4, 0.5) is 11.4 Å². The van der Waals surface area contributed by atoms with Crippen molar-refractivity contribution in [3.05, 3.63) is 71.2 Å². The lowest BCUT2D eigenvalue weighted by Crippen LogP contribution is -2.59. The van der Waals surface area contributed by atoms with Crippen LogP contribution in [0.15, 0.2) is 49.3 Å². The summed E-state index contributed by atoms with van der Waals surface area (Å²) in [6.45, 7) is 6.72. The van der Waals surface area contributed by atoms with E-state index in [-0.39, 0.29) is 11.8 Å². The van der Waals surface area contributed by atoms with Crippen molar-refractivity contribution in [2.24, 2.45) is 0 Å². The van der Waals surface area contributed by atoms with Gasteiger partial charge in [0, 0.05) is 43.2 Å². The van der Waals surface area contributed by atoms with Crippen LogP contribution in [0.5, 0.6) is 5.75 Å². The van der Waals surface area contributed by atoms with Crippen LogP contribution in [0.25, 0.3) is 11.3 Å². The fourth-order valence-electron chi connectivity index (χ4n) is 4.72. The lowest BCUT2D eigenvalue weighted by Gasteiger charge is -2.46. The van der Waals surface area contributed by atoms with Gasteiger partial charge in [0.15, 0.2) is 5.75 Å². The van der Waals surface area contributed by atoms with Gasteiger partial charge < -0.3 is 25.3 Å². The van der Waals surface area contributed by atoms with Crippen LogP contribution in [0.2, 0.25) is 5.02 Å². The second kappa shape index (κ2) is 9.68. The number of carbonyl (C=O) groups is 2. The normalized spacial score (nSPS) is 18.0. The molecule has 37 heavy (non-hydrogen) atoms. The van der Waals surface area contributed by atoms with Crippen molar-refractivity contribution in [2.45, 2.75) is 25.3 Å². The third-order valence-corrected chi connectivity index (χ3v) is 7.11. The molecule has 2 aliphatic heterocycles. The number of benzene rings is 1. The zero-order valence-electron chi connectivity index (χ0n) is 20.6. The molecule has 1 atom stereocenters. The van der Waals surface area contributed by atoms with Crippen LogP contribution in [0.1, 0.15) is 35.0 Å². The second-order valence-corrected chi connectivity index (χ2v) is 9.48. The van der Waals surface area contributed by atoms with Gasteiger partial charge in [0.1, 0.15) is 5.54 Å². The van der Waals surface area contributed by atoms with Crippen LogP contribution in [0.3, 0.4) is 0 Å². The molecule has 4 heterocycles. The third-order valence-electron chi connectivity index (χ3n) is 6.81. The quantitative estimate of drug-likeness (QED) is 0.347. The maximum absolute atomic E-state index is 13.0. The predicted molar refractivity (Wildman–Crippen MR) is 143 cm³/mol. The Bertz CT molecular complexity index is 1480. The van der Waals surface area contributed by atoms with E-state index in [0.717, 1.165) is 17.7 Å². The summed E-state index contributed by atoms with van der Waals surface area (Å²) < 4.78 is 5.52. The largest absolute Gasteiger partial charge is 0.493 e. The summed E-state index contributed by atoms with van der Waals surface area (Å²) in [5, 5.41) is 6.76. The van der Waals surface area contributed by atoms with Gasteiger partial charge in [-0.3, -0.25) is 14.6 Å². The van der Waals surface area contributed by atoms with Crippen molar-refractivity contribution >= 4 is 34.8 Å². The van der Waals surface area contributed by atoms with Gasteiger partial charge in [-0.25, -0.2) is 0 Å². The number of fused-ring (bicyclic) bond motifs is 1. The number of methoxy groups -OCH3 is 1. The number of hydrogen-bond acceptors (Lipinski definition) is 5. The summed E-state index contributed by atoms with van der Waals surface area (Å²) in [4.78, 5) is 34.6. The Balaban J connectivity index is 1.62. The average Bonchev–Trinajstić information content (AvgIpc) is 3.26. The zero-order chi connectivity index (χ0) is 26.2. The Labute approximate surface area is 220 Å². The van der Waals surface area contributed by atoms with Crippen molar-refractivity contribution < 1.29 is 14.3 Å². The highest BCUT2D eigenvalue weighted by Gasteiger charge is 2.41. The Morgan fingerprint density at radius 1 is 1.38 bits per heavy atom. The van der Waals surface area contributed by atoms with E-state index in [1.165, 1.54) is 6.08 Å². The Morgan fingerprint density at radius 2 is 2.22 bits per heavy atom. The van der Waals surface area contributed by atoms with Crippen LogP contribution in [-0.2, 0) is 11.2 Å². The summed E-state index contributed by atoms with van der Waals surface area (Å²) in [5.74, 6) is 6.67. The molecular weight excluding hydrogens is 490 g/mol. The highest BCUT2D eigenvalue weighted by molar-refractivity contribution is 6.32. The van der Waals surface area contributed by atoms with Gasteiger partial charge in [-0.15, -0.1) is 0 Å². The standard InChI is InChI=1S/C28H26ClN5O3/c1-4-22(35)34-15-12-28(34,2)11-8-17-16-30-13-9-18(17)24-25(23-20(32-24)10-14-31-27(23)36)33-21-7-5-6-19(29)26(21)37-3/h4-7,9,13,16,32-33H,1,10,12,14-15H2,2-3H3,(H,31,36)/t28-/m0/s1. The summed E-state index contributed by atoms with van der Waals surface area (Å²) in [6.07, 6.45) is 6.11. The van der Waals surface area contributed by atoms with Crippen molar-refractivity contribution in [3.63, 3.8) is 0 Å². The number of pyridine rings is 1. The molecule has 2 aliphatic rings. The molecule has 2 aromatic heterocycles. The third kappa shape index (κ3) is 4.32. The molecule has 1 aromatic carbocycles. The lowest BCUT2D eigenvalue weighted by atomic mass is 9.86. The number of ether oxygens (including phenoxy) is 1. The molecule has 0 unspecified atom stereocenters. The van der Waals surface area contributed by atoms with Gasteiger partial charge in [-0.2, -0.15) is 0 Å². The minimum Gasteiger partial charge on any atom is -0.493 e. The molecule has 5 rings (SSSR count). The molecule has 3 aromatic rings. The molecule has 1 fully saturated rings. The molecule has 0 radical (unpaired) electrons. The fraction of sp³-hybridized carbons (Fsp3) is 0.250. The molecule has 188 valence electrons. The minimum absolute atomic E-state index is 0.139. The van der Waals surface area contributed by atoms with Gasteiger partial charge in [-0.05, 0) is 37.6 Å². The number of anilines is 2. The summed E-state index contributed by atoms with van der Waals surface area (Å²) >= 11 is 6.36. The number of aromatic amines is 1. The smallest absolute Gasteiger partial charge is 0.255 e. The number of amides is 2. The number of nitrogens with zero attached hydrogens (tertiary/aromatic N) is 2. The van der Waals surface area contributed by atoms with Gasteiger partial charge >= 0.3 is 0 Å². The van der Waals surface area contributed by atoms with E-state index in [1.807, 2.05) is 25.1 Å². The van der Waals surface area contributed by atoms with E-state index >= 15 is 0 Å². The number of carbonyl (C=O) groups excluding carboxylic acids is 2. The number of aromatic nitrogens is 2. The molecule has 1 saturated heterocycles. The first-order valence-electron chi connectivity index (χ1n) is 11.9. The summed E-state index contributed by atoms with van der Waals surface area (Å²) in [6, 6.07) is 7.24. The average molecular weight is 516 g/mol. The number of H-pyrrole nitrogens is 1. The topological polar surface area (TPSA) is 99.3 Å². The predicted octanol–water partition coefficient (Wildman–Crippen LogP) is 4.30. The van der Waals surface area contributed by atoms with Crippen molar-refractivity contribution in [1.29, 1.82) is 0 Å². The zero-order valence-corrected chi connectivity index (χ0v) is 21.3. The minimum atomic E-state index is -0.581. The Kier molecular flexibility index (Phi) is 6.40. The number of hydrogen-bond donors (Lipinski definition) is 3. The first kappa shape index (κ1) is 24.5. The van der Waals surface area contributed by atoms with Crippen LogP contribution in [-0.4, -0.2) is 52.4 Å². The number of halogens is 1.